The summed E-state index contributed by atoms with van der Waals surface area (Å²) in [6.07, 6.45) is 3.34. The number of nitrogens with zero attached hydrogens (tertiary/aromatic N) is 1. The maximum Gasteiger partial charge on any atom is 0.0414 e. The fourth-order valence-electron chi connectivity index (χ4n) is 2.24. The summed E-state index contributed by atoms with van der Waals surface area (Å²) in [5.41, 5.74) is 2.74. The second-order valence-corrected chi connectivity index (χ2v) is 6.06. The maximum absolute atomic E-state index is 3.58. The first-order valence-corrected chi connectivity index (χ1v) is 8.55. The lowest BCUT2D eigenvalue weighted by Gasteiger charge is -2.30. The van der Waals surface area contributed by atoms with Gasteiger partial charge in [-0.05, 0) is 44.7 Å². The molecule has 0 bridgehead atoms. The van der Waals surface area contributed by atoms with Crippen molar-refractivity contribution in [2.45, 2.75) is 39.3 Å². The molecular weight excluding hydrogens is 252 g/mol. The molecule has 2 nitrogen and oxygen atoms in total. The SMILES string of the molecule is CCCNC(C)c1ccccc1N(C)C(C)CSC. The number of anilines is 1. The average molecular weight is 280 g/mol. The minimum absolute atomic E-state index is 0.403. The summed E-state index contributed by atoms with van der Waals surface area (Å²) in [7, 11) is 2.20. The highest BCUT2D eigenvalue weighted by atomic mass is 32.2. The van der Waals surface area contributed by atoms with Crippen molar-refractivity contribution in [2.75, 3.05) is 30.5 Å². The standard InChI is InChI=1S/C16H28N2S/c1-6-11-17-14(3)15-9-7-8-10-16(15)18(4)13(2)12-19-5/h7-10,13-14,17H,6,11-12H2,1-5H3. The van der Waals surface area contributed by atoms with E-state index in [9.17, 15) is 0 Å². The van der Waals surface area contributed by atoms with Crippen LogP contribution in [0.15, 0.2) is 24.3 Å². The minimum atomic E-state index is 0.403. The van der Waals surface area contributed by atoms with Crippen molar-refractivity contribution in [3.05, 3.63) is 29.8 Å². The summed E-state index contributed by atoms with van der Waals surface area (Å²) in [5, 5.41) is 3.58. The Bertz CT molecular complexity index is 368. The van der Waals surface area contributed by atoms with Crippen LogP contribution in [-0.4, -0.2) is 31.6 Å². The zero-order chi connectivity index (χ0) is 14.3. The van der Waals surface area contributed by atoms with Gasteiger partial charge in [0, 0.05) is 30.6 Å². The van der Waals surface area contributed by atoms with Gasteiger partial charge in [0.15, 0.2) is 0 Å². The van der Waals surface area contributed by atoms with E-state index in [0.29, 0.717) is 12.1 Å². The van der Waals surface area contributed by atoms with Crippen molar-refractivity contribution in [3.8, 4) is 0 Å². The first-order chi connectivity index (χ1) is 9.11. The number of thioether (sulfide) groups is 1. The summed E-state index contributed by atoms with van der Waals surface area (Å²) in [5.74, 6) is 1.15. The first kappa shape index (κ1) is 16.4. The van der Waals surface area contributed by atoms with Crippen molar-refractivity contribution in [3.63, 3.8) is 0 Å². The molecule has 0 spiro atoms. The average Bonchev–Trinajstić information content (AvgIpc) is 2.44. The van der Waals surface area contributed by atoms with Gasteiger partial charge in [0.2, 0.25) is 0 Å². The summed E-state index contributed by atoms with van der Waals surface area (Å²) in [6.45, 7) is 7.82. The van der Waals surface area contributed by atoms with Crippen LogP contribution in [0.3, 0.4) is 0 Å². The molecule has 0 amide bonds. The van der Waals surface area contributed by atoms with E-state index in [0.717, 1.165) is 12.3 Å². The van der Waals surface area contributed by atoms with Crippen LogP contribution in [0.2, 0.25) is 0 Å². The van der Waals surface area contributed by atoms with Crippen molar-refractivity contribution in [2.24, 2.45) is 0 Å². The molecule has 0 aromatic heterocycles. The van der Waals surface area contributed by atoms with Crippen molar-refractivity contribution < 1.29 is 0 Å². The lowest BCUT2D eigenvalue weighted by molar-refractivity contribution is 0.568. The van der Waals surface area contributed by atoms with Gasteiger partial charge in [-0.15, -0.1) is 0 Å². The molecular formula is C16H28N2S. The van der Waals surface area contributed by atoms with Crippen molar-refractivity contribution in [1.82, 2.24) is 5.32 Å². The van der Waals surface area contributed by atoms with Crippen LogP contribution < -0.4 is 10.2 Å². The lowest BCUT2D eigenvalue weighted by atomic mass is 10.0. The third kappa shape index (κ3) is 4.73. The molecule has 19 heavy (non-hydrogen) atoms. The van der Waals surface area contributed by atoms with Gasteiger partial charge < -0.3 is 10.2 Å². The Morgan fingerprint density at radius 2 is 1.95 bits per heavy atom. The van der Waals surface area contributed by atoms with Crippen LogP contribution in [0.4, 0.5) is 5.69 Å². The molecule has 2 atom stereocenters. The van der Waals surface area contributed by atoms with E-state index >= 15 is 0 Å². The molecule has 3 heteroatoms. The van der Waals surface area contributed by atoms with E-state index in [4.69, 9.17) is 0 Å². The van der Waals surface area contributed by atoms with Gasteiger partial charge in [0.05, 0.1) is 0 Å². The Labute approximate surface area is 123 Å². The molecule has 0 radical (unpaired) electrons. The highest BCUT2D eigenvalue weighted by Gasteiger charge is 2.15. The summed E-state index contributed by atoms with van der Waals surface area (Å²) < 4.78 is 0. The Morgan fingerprint density at radius 1 is 1.26 bits per heavy atom. The quantitative estimate of drug-likeness (QED) is 0.776. The first-order valence-electron chi connectivity index (χ1n) is 7.15. The third-order valence-corrected chi connectivity index (χ3v) is 4.37. The molecule has 0 saturated heterocycles. The number of nitrogens with one attached hydrogen (secondary N) is 1. The predicted molar refractivity (Wildman–Crippen MR) is 89.4 cm³/mol. The van der Waals surface area contributed by atoms with E-state index in [1.54, 1.807) is 0 Å². The van der Waals surface area contributed by atoms with Gasteiger partial charge in [-0.3, -0.25) is 0 Å². The normalized spacial score (nSPS) is 14.2. The molecule has 1 rings (SSSR count). The monoisotopic (exact) mass is 280 g/mol. The number of para-hydroxylation sites is 1. The lowest BCUT2D eigenvalue weighted by Crippen LogP contribution is -2.32. The fraction of sp³-hybridized carbons (Fsp3) is 0.625. The highest BCUT2D eigenvalue weighted by molar-refractivity contribution is 7.98. The summed E-state index contributed by atoms with van der Waals surface area (Å²) in [4.78, 5) is 2.40. The Balaban J connectivity index is 2.88. The largest absolute Gasteiger partial charge is 0.371 e. The molecule has 1 aromatic carbocycles. The van der Waals surface area contributed by atoms with Gasteiger partial charge >= 0.3 is 0 Å². The molecule has 0 aliphatic heterocycles. The second-order valence-electron chi connectivity index (χ2n) is 5.15. The Kier molecular flexibility index (Phi) is 7.32. The molecule has 1 aromatic rings. The molecule has 0 fully saturated rings. The summed E-state index contributed by atoms with van der Waals surface area (Å²) in [6, 6.07) is 9.69. The van der Waals surface area contributed by atoms with Gasteiger partial charge in [0.1, 0.15) is 0 Å². The van der Waals surface area contributed by atoms with E-state index in [-0.39, 0.29) is 0 Å². The van der Waals surface area contributed by atoms with E-state index in [1.807, 2.05) is 11.8 Å². The number of hydrogen-bond donors (Lipinski definition) is 1. The van der Waals surface area contributed by atoms with Crippen LogP contribution in [0.25, 0.3) is 0 Å². The van der Waals surface area contributed by atoms with Crippen LogP contribution >= 0.6 is 11.8 Å². The van der Waals surface area contributed by atoms with E-state index < -0.39 is 0 Å². The number of benzene rings is 1. The second kappa shape index (κ2) is 8.49. The van der Waals surface area contributed by atoms with Gasteiger partial charge in [-0.2, -0.15) is 11.8 Å². The predicted octanol–water partition coefficient (Wildman–Crippen LogP) is 3.93. The van der Waals surface area contributed by atoms with Crippen LogP contribution in [0, 0.1) is 0 Å². The molecule has 2 unspecified atom stereocenters. The van der Waals surface area contributed by atoms with Crippen LogP contribution in [0.1, 0.15) is 38.8 Å². The van der Waals surface area contributed by atoms with Crippen molar-refractivity contribution >= 4 is 17.4 Å². The molecule has 1 N–H and O–H groups in total. The van der Waals surface area contributed by atoms with Gasteiger partial charge in [-0.25, -0.2) is 0 Å². The van der Waals surface area contributed by atoms with Crippen LogP contribution in [-0.2, 0) is 0 Å². The van der Waals surface area contributed by atoms with Crippen LogP contribution in [0.5, 0.6) is 0 Å². The molecule has 0 heterocycles. The Hall–Kier alpha value is -0.670. The zero-order valence-electron chi connectivity index (χ0n) is 12.9. The topological polar surface area (TPSA) is 15.3 Å². The zero-order valence-corrected chi connectivity index (χ0v) is 13.8. The number of hydrogen-bond acceptors (Lipinski definition) is 3. The van der Waals surface area contributed by atoms with Gasteiger partial charge in [-0.1, -0.05) is 25.1 Å². The van der Waals surface area contributed by atoms with E-state index in [1.165, 1.54) is 17.7 Å². The van der Waals surface area contributed by atoms with E-state index in [2.05, 4.69) is 68.6 Å². The number of rotatable bonds is 8. The maximum atomic E-state index is 3.58. The molecule has 108 valence electrons. The molecule has 0 saturated carbocycles. The third-order valence-electron chi connectivity index (χ3n) is 3.55. The minimum Gasteiger partial charge on any atom is -0.371 e. The Morgan fingerprint density at radius 3 is 2.58 bits per heavy atom. The fourth-order valence-corrected chi connectivity index (χ4v) is 2.94. The molecule has 0 aliphatic carbocycles. The smallest absolute Gasteiger partial charge is 0.0414 e. The van der Waals surface area contributed by atoms with Gasteiger partial charge in [0.25, 0.3) is 0 Å². The molecule has 0 aliphatic rings. The summed E-state index contributed by atoms with van der Waals surface area (Å²) >= 11 is 1.90. The highest BCUT2D eigenvalue weighted by Crippen LogP contribution is 2.27. The van der Waals surface area contributed by atoms with Crippen molar-refractivity contribution in [1.29, 1.82) is 0 Å².